The van der Waals surface area contributed by atoms with Gasteiger partial charge in [-0.3, -0.25) is 4.79 Å². The topological polar surface area (TPSA) is 52.2 Å². The van der Waals surface area contributed by atoms with Crippen LogP contribution >= 0.6 is 0 Å². The fourth-order valence-corrected chi connectivity index (χ4v) is 3.13. The second-order valence-electron chi connectivity index (χ2n) is 6.41. The molecular formula is C19H19FN4O. The number of aromatic nitrogens is 2. The zero-order chi connectivity index (χ0) is 17.4. The van der Waals surface area contributed by atoms with E-state index in [1.54, 1.807) is 12.1 Å². The molecule has 0 amide bonds. The van der Waals surface area contributed by atoms with Gasteiger partial charge in [0.05, 0.1) is 10.9 Å². The van der Waals surface area contributed by atoms with Crippen LogP contribution in [0.25, 0.3) is 22.3 Å². The number of likely N-dealkylation sites (N-methyl/N-ethyl adjacent to an activating group) is 1. The number of halogens is 1. The Hall–Kier alpha value is -2.73. The van der Waals surface area contributed by atoms with Gasteiger partial charge in [0, 0.05) is 37.4 Å². The molecule has 1 aliphatic heterocycles. The van der Waals surface area contributed by atoms with Crippen molar-refractivity contribution in [1.82, 2.24) is 14.9 Å². The maximum Gasteiger partial charge on any atom is 0.259 e. The van der Waals surface area contributed by atoms with Crippen LogP contribution in [0.1, 0.15) is 0 Å². The van der Waals surface area contributed by atoms with Crippen molar-refractivity contribution in [3.05, 3.63) is 58.6 Å². The number of benzene rings is 2. The fraction of sp³-hybridized carbons (Fsp3) is 0.263. The number of piperazine rings is 1. The highest BCUT2D eigenvalue weighted by atomic mass is 19.1. The van der Waals surface area contributed by atoms with Crippen LogP contribution in [0.3, 0.4) is 0 Å². The molecule has 5 nitrogen and oxygen atoms in total. The second-order valence-corrected chi connectivity index (χ2v) is 6.41. The maximum absolute atomic E-state index is 13.1. The molecule has 0 atom stereocenters. The summed E-state index contributed by atoms with van der Waals surface area (Å²) in [6.07, 6.45) is 0. The molecule has 1 N–H and O–H groups in total. The Morgan fingerprint density at radius 3 is 2.48 bits per heavy atom. The van der Waals surface area contributed by atoms with Crippen molar-refractivity contribution < 1.29 is 4.39 Å². The van der Waals surface area contributed by atoms with Gasteiger partial charge in [-0.2, -0.15) is 0 Å². The molecule has 25 heavy (non-hydrogen) atoms. The number of nitrogens with one attached hydrogen (secondary N) is 1. The van der Waals surface area contributed by atoms with Crippen molar-refractivity contribution in [3.63, 3.8) is 0 Å². The zero-order valence-electron chi connectivity index (χ0n) is 14.0. The number of hydrogen-bond donors (Lipinski definition) is 1. The van der Waals surface area contributed by atoms with E-state index in [1.165, 1.54) is 12.1 Å². The van der Waals surface area contributed by atoms with Crippen LogP contribution in [0.5, 0.6) is 0 Å². The summed E-state index contributed by atoms with van der Waals surface area (Å²) in [4.78, 5) is 24.4. The summed E-state index contributed by atoms with van der Waals surface area (Å²) in [6, 6.07) is 11.7. The van der Waals surface area contributed by atoms with Crippen LogP contribution in [0.15, 0.2) is 47.3 Å². The van der Waals surface area contributed by atoms with Gasteiger partial charge in [0.1, 0.15) is 11.6 Å². The lowest BCUT2D eigenvalue weighted by Gasteiger charge is -2.34. The standard InChI is InChI=1S/C19H19FN4O/c1-23-8-10-24(11-9-23)15-6-7-17-16(12-15)19(25)22-18(21-17)13-2-4-14(20)5-3-13/h2-7,12H,8-11H2,1H3,(H,21,22,25). The molecule has 0 unspecified atom stereocenters. The molecule has 1 saturated heterocycles. The molecule has 2 aromatic carbocycles. The Balaban J connectivity index is 1.72. The second kappa shape index (κ2) is 6.29. The SMILES string of the molecule is CN1CCN(c2ccc3nc(-c4ccc(F)cc4)[nH]c(=O)c3c2)CC1. The highest BCUT2D eigenvalue weighted by Gasteiger charge is 2.15. The third-order valence-corrected chi connectivity index (χ3v) is 4.68. The normalized spacial score (nSPS) is 15.7. The van der Waals surface area contributed by atoms with Crippen LogP contribution < -0.4 is 10.5 Å². The van der Waals surface area contributed by atoms with Crippen LogP contribution in [0.2, 0.25) is 0 Å². The first-order valence-electron chi connectivity index (χ1n) is 8.34. The Morgan fingerprint density at radius 2 is 1.76 bits per heavy atom. The predicted molar refractivity (Wildman–Crippen MR) is 97.5 cm³/mol. The van der Waals surface area contributed by atoms with E-state index < -0.39 is 0 Å². The Kier molecular flexibility index (Phi) is 3.97. The number of anilines is 1. The number of hydrogen-bond acceptors (Lipinski definition) is 4. The third kappa shape index (κ3) is 3.13. The molecule has 4 rings (SSSR count). The minimum absolute atomic E-state index is 0.180. The van der Waals surface area contributed by atoms with Gasteiger partial charge in [-0.1, -0.05) is 0 Å². The first-order valence-corrected chi connectivity index (χ1v) is 8.34. The smallest absolute Gasteiger partial charge is 0.259 e. The van der Waals surface area contributed by atoms with Crippen molar-refractivity contribution in [2.45, 2.75) is 0 Å². The monoisotopic (exact) mass is 338 g/mol. The lowest BCUT2D eigenvalue weighted by atomic mass is 10.1. The minimum Gasteiger partial charge on any atom is -0.369 e. The first-order chi connectivity index (χ1) is 12.1. The van der Waals surface area contributed by atoms with Crippen molar-refractivity contribution >= 4 is 16.6 Å². The molecule has 0 radical (unpaired) electrons. The zero-order valence-corrected chi connectivity index (χ0v) is 14.0. The van der Waals surface area contributed by atoms with E-state index in [9.17, 15) is 9.18 Å². The van der Waals surface area contributed by atoms with E-state index in [4.69, 9.17) is 0 Å². The summed E-state index contributed by atoms with van der Waals surface area (Å²) >= 11 is 0. The van der Waals surface area contributed by atoms with Gasteiger partial charge in [-0.25, -0.2) is 9.37 Å². The van der Waals surface area contributed by atoms with Crippen LogP contribution in [0.4, 0.5) is 10.1 Å². The van der Waals surface area contributed by atoms with Gasteiger partial charge in [-0.15, -0.1) is 0 Å². The summed E-state index contributed by atoms with van der Waals surface area (Å²) < 4.78 is 13.1. The van der Waals surface area contributed by atoms with Gasteiger partial charge in [-0.05, 0) is 49.5 Å². The Bertz CT molecular complexity index is 959. The van der Waals surface area contributed by atoms with E-state index in [-0.39, 0.29) is 11.4 Å². The quantitative estimate of drug-likeness (QED) is 0.780. The molecule has 1 aliphatic rings. The average molecular weight is 338 g/mol. The minimum atomic E-state index is -0.316. The van der Waals surface area contributed by atoms with Crippen molar-refractivity contribution in [3.8, 4) is 11.4 Å². The van der Waals surface area contributed by atoms with Crippen LogP contribution in [0, 0.1) is 5.82 Å². The van der Waals surface area contributed by atoms with Gasteiger partial charge in [0.25, 0.3) is 5.56 Å². The fourth-order valence-electron chi connectivity index (χ4n) is 3.13. The number of nitrogens with zero attached hydrogens (tertiary/aromatic N) is 3. The van der Waals surface area contributed by atoms with Crippen molar-refractivity contribution in [2.24, 2.45) is 0 Å². The third-order valence-electron chi connectivity index (χ3n) is 4.68. The molecule has 128 valence electrons. The highest BCUT2D eigenvalue weighted by molar-refractivity contribution is 5.83. The van der Waals surface area contributed by atoms with E-state index >= 15 is 0 Å². The first kappa shape index (κ1) is 15.8. The molecule has 0 saturated carbocycles. The summed E-state index contributed by atoms with van der Waals surface area (Å²) in [5.41, 5.74) is 2.19. The van der Waals surface area contributed by atoms with Crippen molar-refractivity contribution in [1.29, 1.82) is 0 Å². The highest BCUT2D eigenvalue weighted by Crippen LogP contribution is 2.22. The molecule has 0 bridgehead atoms. The van der Waals surface area contributed by atoms with E-state index in [1.807, 2.05) is 18.2 Å². The summed E-state index contributed by atoms with van der Waals surface area (Å²) in [7, 11) is 2.11. The molecule has 2 heterocycles. The van der Waals surface area contributed by atoms with Gasteiger partial charge in [0.2, 0.25) is 0 Å². The lowest BCUT2D eigenvalue weighted by molar-refractivity contribution is 0.313. The number of aromatic amines is 1. The molecule has 1 fully saturated rings. The van der Waals surface area contributed by atoms with Crippen LogP contribution in [-0.4, -0.2) is 48.1 Å². The summed E-state index contributed by atoms with van der Waals surface area (Å²) in [5, 5.41) is 0.572. The van der Waals surface area contributed by atoms with Gasteiger partial charge < -0.3 is 14.8 Å². The van der Waals surface area contributed by atoms with Crippen LogP contribution in [-0.2, 0) is 0 Å². The van der Waals surface area contributed by atoms with E-state index in [0.29, 0.717) is 22.3 Å². The van der Waals surface area contributed by atoms with Crippen molar-refractivity contribution in [2.75, 3.05) is 38.1 Å². The average Bonchev–Trinajstić information content (AvgIpc) is 2.63. The molecular weight excluding hydrogens is 319 g/mol. The summed E-state index contributed by atoms with van der Waals surface area (Å²) in [5.74, 6) is 0.133. The Morgan fingerprint density at radius 1 is 1.04 bits per heavy atom. The van der Waals surface area contributed by atoms with E-state index in [2.05, 4.69) is 26.8 Å². The molecule has 1 aromatic heterocycles. The number of H-pyrrole nitrogens is 1. The maximum atomic E-state index is 13.1. The largest absolute Gasteiger partial charge is 0.369 e. The van der Waals surface area contributed by atoms with Gasteiger partial charge in [0.15, 0.2) is 0 Å². The molecule has 0 aliphatic carbocycles. The number of rotatable bonds is 2. The summed E-state index contributed by atoms with van der Waals surface area (Å²) in [6.45, 7) is 3.91. The number of fused-ring (bicyclic) bond motifs is 1. The van der Waals surface area contributed by atoms with E-state index in [0.717, 1.165) is 31.9 Å². The predicted octanol–water partition coefficient (Wildman–Crippen LogP) is 2.48. The molecule has 6 heteroatoms. The Labute approximate surface area is 144 Å². The molecule has 0 spiro atoms. The van der Waals surface area contributed by atoms with Gasteiger partial charge >= 0.3 is 0 Å². The molecule has 3 aromatic rings. The lowest BCUT2D eigenvalue weighted by Crippen LogP contribution is -2.44.